The molecule has 0 atom stereocenters. The van der Waals surface area contributed by atoms with E-state index < -0.39 is 0 Å². The zero-order valence-corrected chi connectivity index (χ0v) is 19.6. The van der Waals surface area contributed by atoms with Gasteiger partial charge in [0.25, 0.3) is 0 Å². The topological polar surface area (TPSA) is 9.23 Å². The van der Waals surface area contributed by atoms with E-state index in [1.807, 2.05) is 0 Å². The predicted octanol–water partition coefficient (Wildman–Crippen LogP) is 6.92. The van der Waals surface area contributed by atoms with Crippen molar-refractivity contribution in [3.05, 3.63) is 102 Å². The highest BCUT2D eigenvalue weighted by molar-refractivity contribution is 5.98. The molecule has 0 N–H and O–H groups in total. The number of nitrogens with zero attached hydrogens (tertiary/aromatic N) is 1. The molecule has 3 aromatic carbocycles. The number of ether oxygens (including phenoxy) is 1. The van der Waals surface area contributed by atoms with E-state index in [2.05, 4.69) is 120 Å². The Kier molecular flexibility index (Phi) is 7.70. The van der Waals surface area contributed by atoms with Crippen molar-refractivity contribution in [2.45, 2.75) is 33.2 Å². The van der Waals surface area contributed by atoms with Gasteiger partial charge < -0.3 is 9.22 Å². The third-order valence-electron chi connectivity index (χ3n) is 6.32. The molecule has 0 fully saturated rings. The number of allylic oxidation sites excluding steroid dienone is 1. The second kappa shape index (κ2) is 10.5. The van der Waals surface area contributed by atoms with Crippen molar-refractivity contribution in [1.29, 1.82) is 0 Å². The SMILES string of the molecule is CC/C(=C(\c1ccccc1)c1ccc(OCC[N+](C)(C)C(C)C)cc1)c1ccccc1. The molecule has 2 nitrogen and oxygen atoms in total. The Labute approximate surface area is 188 Å². The molecule has 0 radical (unpaired) electrons. The minimum atomic E-state index is 0.579. The van der Waals surface area contributed by atoms with Gasteiger partial charge in [-0.05, 0) is 60.2 Å². The first-order chi connectivity index (χ1) is 14.9. The fraction of sp³-hybridized carbons (Fsp3) is 0.310. The number of rotatable bonds is 9. The highest BCUT2D eigenvalue weighted by Crippen LogP contribution is 2.34. The zero-order valence-electron chi connectivity index (χ0n) is 19.6. The Hall–Kier alpha value is -2.84. The Morgan fingerprint density at radius 3 is 1.77 bits per heavy atom. The molecule has 0 aromatic heterocycles. The Morgan fingerprint density at radius 1 is 0.742 bits per heavy atom. The minimum Gasteiger partial charge on any atom is -0.488 e. The zero-order chi connectivity index (χ0) is 22.3. The molecule has 0 aliphatic heterocycles. The average Bonchev–Trinajstić information content (AvgIpc) is 2.79. The molecule has 3 aromatic rings. The summed E-state index contributed by atoms with van der Waals surface area (Å²) >= 11 is 0. The van der Waals surface area contributed by atoms with Crippen molar-refractivity contribution in [3.8, 4) is 5.75 Å². The van der Waals surface area contributed by atoms with Gasteiger partial charge in [0.05, 0.1) is 20.1 Å². The lowest BCUT2D eigenvalue weighted by molar-refractivity contribution is -0.911. The third kappa shape index (κ3) is 5.86. The smallest absolute Gasteiger partial charge is 0.137 e. The molecule has 0 saturated carbocycles. The normalized spacial score (nSPS) is 12.6. The van der Waals surface area contributed by atoms with Crippen molar-refractivity contribution in [1.82, 2.24) is 0 Å². The van der Waals surface area contributed by atoms with Gasteiger partial charge in [-0.25, -0.2) is 0 Å². The molecule has 0 amide bonds. The summed E-state index contributed by atoms with van der Waals surface area (Å²) in [6, 6.07) is 30.6. The van der Waals surface area contributed by atoms with Crippen LogP contribution >= 0.6 is 0 Å². The molecular formula is C29H36NO+. The fourth-order valence-corrected chi connectivity index (χ4v) is 3.66. The highest BCUT2D eigenvalue weighted by Gasteiger charge is 2.19. The van der Waals surface area contributed by atoms with Crippen molar-refractivity contribution < 1.29 is 9.22 Å². The number of quaternary nitrogens is 1. The van der Waals surface area contributed by atoms with Gasteiger partial charge in [0.1, 0.15) is 18.9 Å². The van der Waals surface area contributed by atoms with Crippen molar-refractivity contribution in [2.24, 2.45) is 0 Å². The molecule has 0 spiro atoms. The van der Waals surface area contributed by atoms with E-state index in [4.69, 9.17) is 4.74 Å². The summed E-state index contributed by atoms with van der Waals surface area (Å²) in [5.41, 5.74) is 6.39. The first-order valence-electron chi connectivity index (χ1n) is 11.3. The van der Waals surface area contributed by atoms with Crippen LogP contribution in [0.25, 0.3) is 11.1 Å². The monoisotopic (exact) mass is 414 g/mol. The molecule has 3 rings (SSSR count). The lowest BCUT2D eigenvalue weighted by Gasteiger charge is -2.33. The molecule has 162 valence electrons. The van der Waals surface area contributed by atoms with E-state index in [1.165, 1.54) is 27.8 Å². The van der Waals surface area contributed by atoms with Gasteiger partial charge in [-0.15, -0.1) is 0 Å². The standard InChI is InChI=1S/C29H36NO/c1-6-28(24-13-9-7-10-14-24)29(25-15-11-8-12-16-25)26-17-19-27(20-18-26)31-22-21-30(4,5)23(2)3/h7-20,23H,6,21-22H2,1-5H3/q+1/b29-28-. The number of hydrogen-bond acceptors (Lipinski definition) is 1. The van der Waals surface area contributed by atoms with Gasteiger partial charge in [-0.1, -0.05) is 79.7 Å². The highest BCUT2D eigenvalue weighted by atomic mass is 16.5. The molecule has 2 heteroatoms. The van der Waals surface area contributed by atoms with Crippen LogP contribution in [0.5, 0.6) is 5.75 Å². The van der Waals surface area contributed by atoms with E-state index in [0.717, 1.165) is 29.8 Å². The number of benzene rings is 3. The van der Waals surface area contributed by atoms with Crippen LogP contribution in [0.2, 0.25) is 0 Å². The molecule has 0 saturated heterocycles. The second-order valence-electron chi connectivity index (χ2n) is 8.91. The van der Waals surface area contributed by atoms with Crippen LogP contribution in [0.1, 0.15) is 43.9 Å². The van der Waals surface area contributed by atoms with E-state index in [-0.39, 0.29) is 0 Å². The van der Waals surface area contributed by atoms with Gasteiger partial charge in [-0.3, -0.25) is 0 Å². The van der Waals surface area contributed by atoms with Crippen LogP contribution in [0.4, 0.5) is 0 Å². The quantitative estimate of drug-likeness (QED) is 0.273. The van der Waals surface area contributed by atoms with Gasteiger partial charge >= 0.3 is 0 Å². The van der Waals surface area contributed by atoms with Crippen molar-refractivity contribution in [2.75, 3.05) is 27.2 Å². The molecule has 0 unspecified atom stereocenters. The van der Waals surface area contributed by atoms with Crippen LogP contribution in [-0.4, -0.2) is 37.8 Å². The maximum atomic E-state index is 6.07. The third-order valence-corrected chi connectivity index (χ3v) is 6.32. The van der Waals surface area contributed by atoms with Gasteiger partial charge in [0.15, 0.2) is 0 Å². The summed E-state index contributed by atoms with van der Waals surface area (Å²) in [6.07, 6.45) is 0.967. The first-order valence-corrected chi connectivity index (χ1v) is 11.3. The van der Waals surface area contributed by atoms with E-state index in [1.54, 1.807) is 0 Å². The lowest BCUT2D eigenvalue weighted by atomic mass is 9.88. The minimum absolute atomic E-state index is 0.579. The summed E-state index contributed by atoms with van der Waals surface area (Å²) in [5.74, 6) is 0.928. The van der Waals surface area contributed by atoms with E-state index in [9.17, 15) is 0 Å². The first kappa shape index (κ1) is 22.8. The summed E-state index contributed by atoms with van der Waals surface area (Å²) < 4.78 is 7.03. The van der Waals surface area contributed by atoms with Gasteiger partial charge in [-0.2, -0.15) is 0 Å². The van der Waals surface area contributed by atoms with Crippen LogP contribution in [0.15, 0.2) is 84.9 Å². The van der Waals surface area contributed by atoms with Crippen LogP contribution < -0.4 is 4.74 Å². The summed E-state index contributed by atoms with van der Waals surface area (Å²) in [6.45, 7) is 8.45. The maximum absolute atomic E-state index is 6.07. The second-order valence-corrected chi connectivity index (χ2v) is 8.91. The largest absolute Gasteiger partial charge is 0.488 e. The van der Waals surface area contributed by atoms with Crippen LogP contribution in [0.3, 0.4) is 0 Å². The number of hydrogen-bond donors (Lipinski definition) is 0. The van der Waals surface area contributed by atoms with Crippen LogP contribution in [0, 0.1) is 0 Å². The van der Waals surface area contributed by atoms with Crippen LogP contribution in [-0.2, 0) is 0 Å². The maximum Gasteiger partial charge on any atom is 0.137 e. The molecule has 31 heavy (non-hydrogen) atoms. The lowest BCUT2D eigenvalue weighted by Crippen LogP contribution is -2.48. The van der Waals surface area contributed by atoms with E-state index >= 15 is 0 Å². The predicted molar refractivity (Wildman–Crippen MR) is 133 cm³/mol. The Balaban J connectivity index is 1.90. The molecule has 0 aliphatic rings. The summed E-state index contributed by atoms with van der Waals surface area (Å²) in [7, 11) is 4.51. The Bertz CT molecular complexity index is 970. The summed E-state index contributed by atoms with van der Waals surface area (Å²) in [4.78, 5) is 0. The fourth-order valence-electron chi connectivity index (χ4n) is 3.66. The molecule has 0 heterocycles. The van der Waals surface area contributed by atoms with Crippen molar-refractivity contribution in [3.63, 3.8) is 0 Å². The van der Waals surface area contributed by atoms with Gasteiger partial charge in [0.2, 0.25) is 0 Å². The molecule has 0 aliphatic carbocycles. The Morgan fingerprint density at radius 2 is 1.26 bits per heavy atom. The number of likely N-dealkylation sites (N-methyl/N-ethyl adjacent to an activating group) is 1. The molecule has 0 bridgehead atoms. The van der Waals surface area contributed by atoms with Crippen molar-refractivity contribution >= 4 is 11.1 Å². The summed E-state index contributed by atoms with van der Waals surface area (Å²) in [5, 5.41) is 0. The molecular weight excluding hydrogens is 378 g/mol. The van der Waals surface area contributed by atoms with Gasteiger partial charge in [0, 0.05) is 0 Å². The van der Waals surface area contributed by atoms with E-state index in [0.29, 0.717) is 6.04 Å². The average molecular weight is 415 g/mol.